The third-order valence-corrected chi connectivity index (χ3v) is 3.94. The van der Waals surface area contributed by atoms with Crippen LogP contribution in [0.5, 0.6) is 0 Å². The summed E-state index contributed by atoms with van der Waals surface area (Å²) in [5, 5.41) is 28.7. The van der Waals surface area contributed by atoms with Gasteiger partial charge in [0.25, 0.3) is 0 Å². The lowest BCUT2D eigenvalue weighted by Gasteiger charge is -2.20. The maximum Gasteiger partial charge on any atom is 0.335 e. The van der Waals surface area contributed by atoms with Crippen LogP contribution in [-0.4, -0.2) is 52.9 Å². The van der Waals surface area contributed by atoms with Crippen molar-refractivity contribution >= 4 is 5.97 Å². The lowest BCUT2D eigenvalue weighted by molar-refractivity contribution is 0.0696. The summed E-state index contributed by atoms with van der Waals surface area (Å²) in [5.41, 5.74) is 3.48. The Morgan fingerprint density at radius 1 is 1.12 bits per heavy atom. The van der Waals surface area contributed by atoms with E-state index in [-0.39, 0.29) is 12.2 Å². The Morgan fingerprint density at radius 3 is 2.38 bits per heavy atom. The van der Waals surface area contributed by atoms with Crippen LogP contribution in [0.25, 0.3) is 11.1 Å². The molecule has 2 aromatic rings. The average molecular weight is 329 g/mol. The number of hydrogen-bond donors (Lipinski definition) is 3. The molecule has 0 heterocycles. The van der Waals surface area contributed by atoms with Gasteiger partial charge in [0.2, 0.25) is 0 Å². The van der Waals surface area contributed by atoms with Crippen LogP contribution in [0, 0.1) is 6.92 Å². The highest BCUT2D eigenvalue weighted by Crippen LogP contribution is 2.26. The predicted octanol–water partition coefficient (Wildman–Crippen LogP) is 2.32. The van der Waals surface area contributed by atoms with Gasteiger partial charge in [-0.2, -0.15) is 0 Å². The number of aryl methyl sites for hydroxylation is 1. The number of rotatable bonds is 7. The molecule has 0 aliphatic rings. The monoisotopic (exact) mass is 329 g/mol. The van der Waals surface area contributed by atoms with Crippen molar-refractivity contribution in [1.29, 1.82) is 0 Å². The summed E-state index contributed by atoms with van der Waals surface area (Å²) in [5.74, 6) is -1.03. The molecule has 24 heavy (non-hydrogen) atoms. The van der Waals surface area contributed by atoms with E-state index in [0.717, 1.165) is 16.7 Å². The maximum atomic E-state index is 11.4. The minimum absolute atomic E-state index is 0.00695. The van der Waals surface area contributed by atoms with E-state index in [1.165, 1.54) is 6.07 Å². The zero-order chi connectivity index (χ0) is 17.7. The Balaban J connectivity index is 2.37. The predicted molar refractivity (Wildman–Crippen MR) is 93.1 cm³/mol. The zero-order valence-electron chi connectivity index (χ0n) is 13.9. The number of aliphatic hydroxyl groups is 2. The molecule has 0 radical (unpaired) electrons. The molecule has 5 nitrogen and oxygen atoms in total. The highest BCUT2D eigenvalue weighted by atomic mass is 16.4. The fourth-order valence-corrected chi connectivity index (χ4v) is 2.54. The van der Waals surface area contributed by atoms with Crippen molar-refractivity contribution < 1.29 is 20.1 Å². The molecule has 2 rings (SSSR count). The van der Waals surface area contributed by atoms with E-state index >= 15 is 0 Å². The average Bonchev–Trinajstić information content (AvgIpc) is 2.55. The van der Waals surface area contributed by atoms with Gasteiger partial charge < -0.3 is 20.2 Å². The first kappa shape index (κ1) is 18.1. The van der Waals surface area contributed by atoms with Gasteiger partial charge in [0.15, 0.2) is 0 Å². The van der Waals surface area contributed by atoms with E-state index < -0.39 is 12.1 Å². The number of likely N-dealkylation sites (N-methyl/N-ethyl adjacent to an activating group) is 1. The van der Waals surface area contributed by atoms with Crippen molar-refractivity contribution in [2.24, 2.45) is 0 Å². The zero-order valence-corrected chi connectivity index (χ0v) is 13.9. The number of aliphatic hydroxyl groups excluding tert-OH is 2. The summed E-state index contributed by atoms with van der Waals surface area (Å²) in [6.45, 7) is 2.76. The summed E-state index contributed by atoms with van der Waals surface area (Å²) in [7, 11) is 1.79. The van der Waals surface area contributed by atoms with Gasteiger partial charge in [0.1, 0.15) is 0 Å². The highest BCUT2D eigenvalue weighted by Gasteiger charge is 2.15. The second kappa shape index (κ2) is 8.06. The van der Waals surface area contributed by atoms with E-state index in [1.807, 2.05) is 37.3 Å². The minimum Gasteiger partial charge on any atom is -0.478 e. The first-order chi connectivity index (χ1) is 11.4. The molecule has 0 saturated heterocycles. The van der Waals surface area contributed by atoms with Gasteiger partial charge in [0.05, 0.1) is 18.3 Å². The summed E-state index contributed by atoms with van der Waals surface area (Å²) in [4.78, 5) is 13.2. The molecule has 0 aliphatic carbocycles. The Bertz CT molecular complexity index is 697. The van der Waals surface area contributed by atoms with Crippen LogP contribution in [-0.2, 0) is 0 Å². The molecule has 0 fully saturated rings. The Morgan fingerprint density at radius 2 is 1.79 bits per heavy atom. The number of nitrogens with zero attached hydrogens (tertiary/aromatic N) is 1. The molecule has 0 bridgehead atoms. The normalized spacial score (nSPS) is 12.4. The summed E-state index contributed by atoms with van der Waals surface area (Å²) >= 11 is 0. The highest BCUT2D eigenvalue weighted by molar-refractivity contribution is 5.90. The quantitative estimate of drug-likeness (QED) is 0.726. The molecule has 1 atom stereocenters. The molecule has 0 spiro atoms. The Hall–Kier alpha value is -2.21. The van der Waals surface area contributed by atoms with Crippen LogP contribution in [0.4, 0.5) is 0 Å². The van der Waals surface area contributed by atoms with E-state index in [2.05, 4.69) is 0 Å². The van der Waals surface area contributed by atoms with Crippen molar-refractivity contribution in [3.05, 3.63) is 59.2 Å². The minimum atomic E-state index is -1.03. The van der Waals surface area contributed by atoms with E-state index in [0.29, 0.717) is 18.7 Å². The third-order valence-electron chi connectivity index (χ3n) is 3.94. The van der Waals surface area contributed by atoms with Crippen LogP contribution in [0.2, 0.25) is 0 Å². The number of benzene rings is 2. The topological polar surface area (TPSA) is 81.0 Å². The van der Waals surface area contributed by atoms with Crippen molar-refractivity contribution in [2.75, 3.05) is 26.7 Å². The fourth-order valence-electron chi connectivity index (χ4n) is 2.54. The van der Waals surface area contributed by atoms with Gasteiger partial charge in [0, 0.05) is 13.1 Å². The van der Waals surface area contributed by atoms with E-state index in [9.17, 15) is 15.0 Å². The molecule has 0 amide bonds. The smallest absolute Gasteiger partial charge is 0.335 e. The van der Waals surface area contributed by atoms with Gasteiger partial charge in [-0.3, -0.25) is 0 Å². The van der Waals surface area contributed by atoms with E-state index in [1.54, 1.807) is 18.0 Å². The number of aromatic carboxylic acids is 1. The van der Waals surface area contributed by atoms with Gasteiger partial charge in [-0.05, 0) is 48.9 Å². The Kier molecular flexibility index (Phi) is 6.09. The molecule has 0 aromatic heterocycles. The molecular weight excluding hydrogens is 306 g/mol. The summed E-state index contributed by atoms with van der Waals surface area (Å²) in [6.07, 6.45) is -0.829. The second-order valence-corrected chi connectivity index (χ2v) is 6.02. The van der Waals surface area contributed by atoms with Gasteiger partial charge in [-0.1, -0.05) is 29.8 Å². The molecule has 0 aliphatic heterocycles. The van der Waals surface area contributed by atoms with Crippen molar-refractivity contribution in [1.82, 2.24) is 4.90 Å². The second-order valence-electron chi connectivity index (χ2n) is 6.02. The molecule has 2 aromatic carbocycles. The van der Waals surface area contributed by atoms with Crippen molar-refractivity contribution in [3.63, 3.8) is 0 Å². The van der Waals surface area contributed by atoms with Crippen molar-refractivity contribution in [3.8, 4) is 11.1 Å². The standard InChI is InChI=1S/C19H23NO4/c1-13-3-5-14(6-4-13)15-9-16(11-17(10-15)19(23)24)18(22)12-20(2)7-8-21/h3-6,9-11,18,21-22H,7-8,12H2,1-2H3,(H,23,24). The first-order valence-electron chi connectivity index (χ1n) is 7.83. The van der Waals surface area contributed by atoms with Crippen LogP contribution >= 0.6 is 0 Å². The van der Waals surface area contributed by atoms with Crippen LogP contribution < -0.4 is 0 Å². The summed E-state index contributed by atoms with van der Waals surface area (Å²) < 4.78 is 0. The van der Waals surface area contributed by atoms with Crippen LogP contribution in [0.3, 0.4) is 0 Å². The maximum absolute atomic E-state index is 11.4. The molecule has 128 valence electrons. The van der Waals surface area contributed by atoms with Gasteiger partial charge in [-0.15, -0.1) is 0 Å². The largest absolute Gasteiger partial charge is 0.478 e. The molecular formula is C19H23NO4. The first-order valence-corrected chi connectivity index (χ1v) is 7.83. The number of hydrogen-bond acceptors (Lipinski definition) is 4. The van der Waals surface area contributed by atoms with Gasteiger partial charge in [-0.25, -0.2) is 4.79 Å². The number of carboxylic acid groups (broad SMARTS) is 1. The molecule has 5 heteroatoms. The molecule has 3 N–H and O–H groups in total. The molecule has 1 unspecified atom stereocenters. The molecule has 0 saturated carbocycles. The summed E-state index contributed by atoms with van der Waals surface area (Å²) in [6, 6.07) is 12.7. The van der Waals surface area contributed by atoms with Crippen LogP contribution in [0.1, 0.15) is 27.6 Å². The fraction of sp³-hybridized carbons (Fsp3) is 0.316. The number of carbonyl (C=O) groups is 1. The van der Waals surface area contributed by atoms with Gasteiger partial charge >= 0.3 is 5.97 Å². The SMILES string of the molecule is Cc1ccc(-c2cc(C(=O)O)cc(C(O)CN(C)CCO)c2)cc1. The lowest BCUT2D eigenvalue weighted by atomic mass is 9.96. The Labute approximate surface area is 141 Å². The third kappa shape index (κ3) is 4.64. The lowest BCUT2D eigenvalue weighted by Crippen LogP contribution is -2.27. The van der Waals surface area contributed by atoms with Crippen molar-refractivity contribution in [2.45, 2.75) is 13.0 Å². The van der Waals surface area contributed by atoms with Crippen LogP contribution in [0.15, 0.2) is 42.5 Å². The van der Waals surface area contributed by atoms with E-state index in [4.69, 9.17) is 5.11 Å². The number of carboxylic acids is 1.